The lowest BCUT2D eigenvalue weighted by Gasteiger charge is -2.10. The van der Waals surface area contributed by atoms with Crippen molar-refractivity contribution in [3.63, 3.8) is 0 Å². The van der Waals surface area contributed by atoms with Crippen LogP contribution in [0.3, 0.4) is 0 Å². The Hall–Kier alpha value is -2.20. The molecule has 0 aromatic carbocycles. The van der Waals surface area contributed by atoms with Crippen molar-refractivity contribution in [1.29, 1.82) is 0 Å². The molecule has 2 atom stereocenters. The van der Waals surface area contributed by atoms with E-state index in [1.54, 1.807) is 0 Å². The van der Waals surface area contributed by atoms with Crippen molar-refractivity contribution < 1.29 is 28.6 Å². The number of ether oxygens (including phenoxy) is 2. The molecule has 0 spiro atoms. The van der Waals surface area contributed by atoms with Crippen LogP contribution in [0.2, 0.25) is 0 Å². The summed E-state index contributed by atoms with van der Waals surface area (Å²) in [6.45, 7) is 3.19. The van der Waals surface area contributed by atoms with E-state index >= 15 is 0 Å². The van der Waals surface area contributed by atoms with Gasteiger partial charge in [-0.2, -0.15) is 0 Å². The lowest BCUT2D eigenvalue weighted by Crippen LogP contribution is -2.36. The van der Waals surface area contributed by atoms with Gasteiger partial charge in [0, 0.05) is 13.1 Å². The van der Waals surface area contributed by atoms with Gasteiger partial charge in [0.15, 0.2) is 0 Å². The first kappa shape index (κ1) is 15.9. The summed E-state index contributed by atoms with van der Waals surface area (Å²) in [5.41, 5.74) is 9.31. The molecule has 0 aliphatic heterocycles. The van der Waals surface area contributed by atoms with Gasteiger partial charge in [0.2, 0.25) is 0 Å². The van der Waals surface area contributed by atoms with E-state index in [1.807, 2.05) is 0 Å². The predicted molar refractivity (Wildman–Crippen MR) is 63.3 cm³/mol. The maximum Gasteiger partial charge on any atom is 0.390 e. The van der Waals surface area contributed by atoms with Crippen LogP contribution in [0.5, 0.6) is 0 Å². The zero-order chi connectivity index (χ0) is 15.3. The number of nitrogens with zero attached hydrogens (tertiary/aromatic N) is 2. The molecule has 1 rings (SSSR count). The van der Waals surface area contributed by atoms with Crippen molar-refractivity contribution in [1.82, 2.24) is 5.16 Å². The van der Waals surface area contributed by atoms with Crippen LogP contribution in [0, 0.1) is 5.21 Å². The first-order chi connectivity index (χ1) is 9.40. The number of carbonyl (C=O) groups excluding carboxylic acids is 2. The Morgan fingerprint density at radius 2 is 1.75 bits per heavy atom. The van der Waals surface area contributed by atoms with Gasteiger partial charge < -0.3 is 26.1 Å². The molecule has 0 saturated carbocycles. The van der Waals surface area contributed by atoms with Crippen LogP contribution in [0.15, 0.2) is 4.63 Å². The molecule has 0 aliphatic carbocycles. The molecule has 1 heterocycles. The Bertz CT molecular complexity index is 488. The average Bonchev–Trinajstić information content (AvgIpc) is 2.80. The summed E-state index contributed by atoms with van der Waals surface area (Å²) in [6.07, 6.45) is -1.24. The van der Waals surface area contributed by atoms with Crippen molar-refractivity contribution in [2.24, 2.45) is 11.5 Å². The van der Waals surface area contributed by atoms with E-state index in [2.05, 4.69) is 9.79 Å². The number of aromatic nitrogens is 2. The Balaban J connectivity index is 2.94. The molecule has 0 fully saturated rings. The third-order valence-electron chi connectivity index (χ3n) is 2.28. The zero-order valence-electron chi connectivity index (χ0n) is 11.1. The Labute approximate surface area is 114 Å². The summed E-state index contributed by atoms with van der Waals surface area (Å²) in [5.74, 6) is -2.08. The van der Waals surface area contributed by atoms with Gasteiger partial charge in [-0.05, 0) is 18.8 Å². The highest BCUT2D eigenvalue weighted by Gasteiger charge is 2.35. The summed E-state index contributed by atoms with van der Waals surface area (Å²) in [7, 11) is 0. The number of esters is 2. The number of rotatable bonds is 6. The SMILES string of the molecule is CC(CN)OC(=O)c1no[n+]([O-])c1C(=O)OC(C)CN. The molecule has 0 amide bonds. The Kier molecular flexibility index (Phi) is 5.41. The van der Waals surface area contributed by atoms with Crippen molar-refractivity contribution >= 4 is 11.9 Å². The second-order valence-corrected chi connectivity index (χ2v) is 4.03. The fourth-order valence-electron chi connectivity index (χ4n) is 1.13. The Morgan fingerprint density at radius 3 is 2.25 bits per heavy atom. The molecule has 10 nitrogen and oxygen atoms in total. The quantitative estimate of drug-likeness (QED) is 0.460. The molecular weight excluding hydrogens is 272 g/mol. The van der Waals surface area contributed by atoms with Crippen molar-refractivity contribution in [3.8, 4) is 0 Å². The topological polar surface area (TPSA) is 158 Å². The standard InChI is InChI=1S/C10H16N4O6/c1-5(3-11)18-9(15)7-8(14(17)20-13-7)10(16)19-6(2)4-12/h5-6H,3-4,11-12H2,1-2H3. The van der Waals surface area contributed by atoms with Crippen molar-refractivity contribution in [2.75, 3.05) is 13.1 Å². The van der Waals surface area contributed by atoms with Crippen LogP contribution < -0.4 is 16.4 Å². The maximum absolute atomic E-state index is 11.7. The van der Waals surface area contributed by atoms with Gasteiger partial charge in [-0.1, -0.05) is 0 Å². The monoisotopic (exact) mass is 288 g/mol. The normalized spacial score (nSPS) is 13.6. The molecule has 4 N–H and O–H groups in total. The number of hydrogen-bond acceptors (Lipinski definition) is 9. The Morgan fingerprint density at radius 1 is 1.25 bits per heavy atom. The van der Waals surface area contributed by atoms with Crippen LogP contribution in [0.4, 0.5) is 0 Å². The third kappa shape index (κ3) is 3.65. The molecule has 0 aliphatic rings. The second-order valence-electron chi connectivity index (χ2n) is 4.03. The maximum atomic E-state index is 11.7. The van der Waals surface area contributed by atoms with Crippen molar-refractivity contribution in [2.45, 2.75) is 26.1 Å². The minimum Gasteiger partial charge on any atom is -0.455 e. The van der Waals surface area contributed by atoms with Crippen molar-refractivity contribution in [3.05, 3.63) is 16.6 Å². The molecule has 2 unspecified atom stereocenters. The van der Waals surface area contributed by atoms with E-state index in [1.165, 1.54) is 13.8 Å². The minimum absolute atomic E-state index is 0.0554. The molecule has 1 aromatic rings. The van der Waals surface area contributed by atoms with Gasteiger partial charge in [0.25, 0.3) is 0 Å². The molecule has 0 bridgehead atoms. The van der Waals surface area contributed by atoms with Crippen LogP contribution in [-0.2, 0) is 9.47 Å². The fourth-order valence-corrected chi connectivity index (χ4v) is 1.13. The third-order valence-corrected chi connectivity index (χ3v) is 2.28. The molecule has 0 saturated heterocycles. The second kappa shape index (κ2) is 6.82. The number of carbonyl (C=O) groups is 2. The van der Waals surface area contributed by atoms with E-state index < -0.39 is 35.5 Å². The number of hydrogen-bond donors (Lipinski definition) is 2. The highest BCUT2D eigenvalue weighted by Crippen LogP contribution is 2.08. The van der Waals surface area contributed by atoms with Gasteiger partial charge in [-0.15, -0.1) is 0 Å². The van der Waals surface area contributed by atoms with Gasteiger partial charge in [0.1, 0.15) is 12.2 Å². The molecule has 10 heteroatoms. The van der Waals surface area contributed by atoms with Gasteiger partial charge >= 0.3 is 23.3 Å². The molecule has 20 heavy (non-hydrogen) atoms. The van der Waals surface area contributed by atoms with E-state index in [9.17, 15) is 14.8 Å². The van der Waals surface area contributed by atoms with E-state index in [0.717, 1.165) is 0 Å². The molecule has 0 radical (unpaired) electrons. The molecule has 112 valence electrons. The van der Waals surface area contributed by atoms with Gasteiger partial charge in [-0.25, -0.2) is 9.59 Å². The highest BCUT2D eigenvalue weighted by atomic mass is 16.8. The predicted octanol–water partition coefficient (Wildman–Crippen LogP) is -1.68. The summed E-state index contributed by atoms with van der Waals surface area (Å²) >= 11 is 0. The summed E-state index contributed by atoms with van der Waals surface area (Å²) < 4.78 is 13.9. The largest absolute Gasteiger partial charge is 0.455 e. The molecule has 1 aromatic heterocycles. The van der Waals surface area contributed by atoms with E-state index in [0.29, 0.717) is 0 Å². The summed E-state index contributed by atoms with van der Waals surface area (Å²) in [5, 5.41) is 14.5. The molecular formula is C10H16N4O6. The van der Waals surface area contributed by atoms with Gasteiger partial charge in [-0.3, -0.25) is 4.63 Å². The van der Waals surface area contributed by atoms with Gasteiger partial charge in [0.05, 0.1) is 5.16 Å². The van der Waals surface area contributed by atoms with Crippen LogP contribution in [0.1, 0.15) is 34.8 Å². The average molecular weight is 288 g/mol. The first-order valence-corrected chi connectivity index (χ1v) is 5.82. The fraction of sp³-hybridized carbons (Fsp3) is 0.600. The highest BCUT2D eigenvalue weighted by molar-refractivity contribution is 5.99. The number of nitrogens with two attached hydrogens (primary N) is 2. The van der Waals surface area contributed by atoms with Crippen LogP contribution in [-0.4, -0.2) is 42.4 Å². The van der Waals surface area contributed by atoms with E-state index in [-0.39, 0.29) is 18.0 Å². The summed E-state index contributed by atoms with van der Waals surface area (Å²) in [4.78, 5) is 23.2. The first-order valence-electron chi connectivity index (χ1n) is 5.82. The zero-order valence-corrected chi connectivity index (χ0v) is 11.1. The van der Waals surface area contributed by atoms with Crippen LogP contribution in [0.25, 0.3) is 0 Å². The lowest BCUT2D eigenvalue weighted by atomic mass is 10.3. The summed E-state index contributed by atoms with van der Waals surface area (Å²) in [6, 6.07) is 0. The van der Waals surface area contributed by atoms with Crippen LogP contribution >= 0.6 is 0 Å². The smallest absolute Gasteiger partial charge is 0.390 e. The lowest BCUT2D eigenvalue weighted by molar-refractivity contribution is -0.804. The van der Waals surface area contributed by atoms with E-state index in [4.69, 9.17) is 20.9 Å². The minimum atomic E-state index is -1.08.